The number of anilines is 3. The highest BCUT2D eigenvalue weighted by atomic mass is 15.3. The van der Waals surface area contributed by atoms with Gasteiger partial charge in [-0.25, -0.2) is 4.52 Å². The molecule has 3 rings (SSSR count). The Hall–Kier alpha value is -2.56. The van der Waals surface area contributed by atoms with Gasteiger partial charge in [0, 0.05) is 17.6 Å². The van der Waals surface area contributed by atoms with Crippen LogP contribution in [-0.4, -0.2) is 14.6 Å². The Labute approximate surface area is 97.9 Å². The Morgan fingerprint density at radius 1 is 1.06 bits per heavy atom. The van der Waals surface area contributed by atoms with Gasteiger partial charge < -0.3 is 11.1 Å². The summed E-state index contributed by atoms with van der Waals surface area (Å²) in [7, 11) is 0. The van der Waals surface area contributed by atoms with Crippen LogP contribution in [0.4, 0.5) is 17.3 Å². The van der Waals surface area contributed by atoms with Gasteiger partial charge in [0.2, 0.25) is 5.95 Å². The molecule has 0 radical (unpaired) electrons. The normalized spacial score (nSPS) is 10.6. The van der Waals surface area contributed by atoms with Crippen LogP contribution < -0.4 is 11.1 Å². The summed E-state index contributed by atoms with van der Waals surface area (Å²) in [5.41, 5.74) is 8.08. The van der Waals surface area contributed by atoms with Crippen molar-refractivity contribution in [2.24, 2.45) is 0 Å². The number of rotatable bonds is 2. The number of aromatic nitrogens is 3. The zero-order valence-corrected chi connectivity index (χ0v) is 9.04. The van der Waals surface area contributed by atoms with E-state index in [-0.39, 0.29) is 0 Å². The topological polar surface area (TPSA) is 68.2 Å². The van der Waals surface area contributed by atoms with E-state index in [2.05, 4.69) is 15.4 Å². The first-order chi connectivity index (χ1) is 8.31. The molecule has 2 aromatic heterocycles. The van der Waals surface area contributed by atoms with E-state index < -0.39 is 0 Å². The van der Waals surface area contributed by atoms with Crippen LogP contribution >= 0.6 is 0 Å². The lowest BCUT2D eigenvalue weighted by atomic mass is 10.3. The van der Waals surface area contributed by atoms with E-state index in [0.29, 0.717) is 5.95 Å². The van der Waals surface area contributed by atoms with Crippen LogP contribution in [0.1, 0.15) is 0 Å². The van der Waals surface area contributed by atoms with Crippen LogP contribution in [0.15, 0.2) is 48.7 Å². The highest BCUT2D eigenvalue weighted by Crippen LogP contribution is 2.15. The first-order valence-electron chi connectivity index (χ1n) is 5.25. The number of nitrogens with one attached hydrogen (secondary N) is 1. The molecule has 0 bridgehead atoms. The van der Waals surface area contributed by atoms with E-state index in [1.165, 1.54) is 0 Å². The van der Waals surface area contributed by atoms with Crippen molar-refractivity contribution in [1.82, 2.24) is 14.6 Å². The summed E-state index contributed by atoms with van der Waals surface area (Å²) in [6.45, 7) is 0. The number of pyridine rings is 1. The van der Waals surface area contributed by atoms with Gasteiger partial charge in [0.1, 0.15) is 0 Å². The van der Waals surface area contributed by atoms with Gasteiger partial charge in [-0.2, -0.15) is 4.98 Å². The largest absolute Gasteiger partial charge is 0.399 e. The Morgan fingerprint density at radius 3 is 2.65 bits per heavy atom. The molecule has 1 aromatic carbocycles. The highest BCUT2D eigenvalue weighted by molar-refractivity contribution is 5.58. The molecule has 84 valence electrons. The zero-order chi connectivity index (χ0) is 11.7. The van der Waals surface area contributed by atoms with Crippen molar-refractivity contribution in [2.75, 3.05) is 11.1 Å². The maximum absolute atomic E-state index is 5.62. The average Bonchev–Trinajstić information content (AvgIpc) is 2.74. The fourth-order valence-corrected chi connectivity index (χ4v) is 1.58. The second-order valence-electron chi connectivity index (χ2n) is 3.69. The van der Waals surface area contributed by atoms with E-state index in [0.717, 1.165) is 17.0 Å². The van der Waals surface area contributed by atoms with Gasteiger partial charge in [-0.05, 0) is 36.4 Å². The second-order valence-corrected chi connectivity index (χ2v) is 3.69. The van der Waals surface area contributed by atoms with Crippen molar-refractivity contribution in [3.05, 3.63) is 48.7 Å². The number of benzene rings is 1. The molecule has 17 heavy (non-hydrogen) atoms. The third-order valence-corrected chi connectivity index (χ3v) is 2.41. The molecule has 0 aliphatic rings. The maximum atomic E-state index is 5.62. The van der Waals surface area contributed by atoms with Crippen LogP contribution in [-0.2, 0) is 0 Å². The van der Waals surface area contributed by atoms with Gasteiger partial charge >= 0.3 is 0 Å². The quantitative estimate of drug-likeness (QED) is 0.655. The van der Waals surface area contributed by atoms with Crippen LogP contribution in [0.3, 0.4) is 0 Å². The highest BCUT2D eigenvalue weighted by Gasteiger charge is 2.02. The molecular weight excluding hydrogens is 214 g/mol. The monoisotopic (exact) mass is 225 g/mol. The molecule has 5 nitrogen and oxygen atoms in total. The fraction of sp³-hybridized carbons (Fsp3) is 0. The van der Waals surface area contributed by atoms with Crippen LogP contribution in [0, 0.1) is 0 Å². The number of hydrogen-bond acceptors (Lipinski definition) is 4. The zero-order valence-electron chi connectivity index (χ0n) is 9.04. The molecule has 2 heterocycles. The molecular formula is C12H11N5. The standard InChI is InChI=1S/C12H11N5/c13-9-4-6-10(7-5-9)14-12-15-11-3-1-2-8-17(11)16-12/h1-8H,13H2,(H,14,16). The van der Waals surface area contributed by atoms with E-state index in [4.69, 9.17) is 5.73 Å². The van der Waals surface area contributed by atoms with Crippen molar-refractivity contribution in [3.63, 3.8) is 0 Å². The summed E-state index contributed by atoms with van der Waals surface area (Å²) in [5.74, 6) is 0.570. The van der Waals surface area contributed by atoms with E-state index in [1.54, 1.807) is 4.52 Å². The summed E-state index contributed by atoms with van der Waals surface area (Å²) in [4.78, 5) is 4.34. The molecule has 5 heteroatoms. The fourth-order valence-electron chi connectivity index (χ4n) is 1.58. The lowest BCUT2D eigenvalue weighted by Gasteiger charge is -2.00. The minimum Gasteiger partial charge on any atom is -0.399 e. The van der Waals surface area contributed by atoms with Gasteiger partial charge in [-0.15, -0.1) is 5.10 Å². The number of fused-ring (bicyclic) bond motifs is 1. The summed E-state index contributed by atoms with van der Waals surface area (Å²) in [6, 6.07) is 13.2. The average molecular weight is 225 g/mol. The molecule has 0 saturated carbocycles. The van der Waals surface area contributed by atoms with Gasteiger partial charge in [-0.3, -0.25) is 0 Å². The Balaban J connectivity index is 1.92. The van der Waals surface area contributed by atoms with Gasteiger partial charge in [0.05, 0.1) is 0 Å². The molecule has 0 amide bonds. The summed E-state index contributed by atoms with van der Waals surface area (Å²) in [5, 5.41) is 7.42. The first-order valence-corrected chi connectivity index (χ1v) is 5.25. The molecule has 0 saturated heterocycles. The minimum atomic E-state index is 0.570. The lowest BCUT2D eigenvalue weighted by molar-refractivity contribution is 0.965. The third kappa shape index (κ3) is 1.90. The molecule has 0 unspecified atom stereocenters. The molecule has 0 fully saturated rings. The summed E-state index contributed by atoms with van der Waals surface area (Å²) >= 11 is 0. The Bertz CT molecular complexity index is 608. The van der Waals surface area contributed by atoms with Crippen LogP contribution in [0.5, 0.6) is 0 Å². The third-order valence-electron chi connectivity index (χ3n) is 2.41. The van der Waals surface area contributed by atoms with Crippen molar-refractivity contribution in [2.45, 2.75) is 0 Å². The van der Waals surface area contributed by atoms with Gasteiger partial charge in [0.15, 0.2) is 5.65 Å². The van der Waals surface area contributed by atoms with Crippen molar-refractivity contribution in [3.8, 4) is 0 Å². The van der Waals surface area contributed by atoms with E-state index >= 15 is 0 Å². The van der Waals surface area contributed by atoms with Gasteiger partial charge in [0.25, 0.3) is 0 Å². The summed E-state index contributed by atoms with van der Waals surface area (Å²) in [6.07, 6.45) is 1.86. The summed E-state index contributed by atoms with van der Waals surface area (Å²) < 4.78 is 1.72. The molecule has 0 atom stereocenters. The number of nitrogens with zero attached hydrogens (tertiary/aromatic N) is 3. The Kier molecular flexibility index (Phi) is 2.15. The molecule has 0 aliphatic heterocycles. The van der Waals surface area contributed by atoms with Crippen LogP contribution in [0.2, 0.25) is 0 Å². The predicted octanol–water partition coefficient (Wildman–Crippen LogP) is 2.06. The predicted molar refractivity (Wildman–Crippen MR) is 67.1 cm³/mol. The van der Waals surface area contributed by atoms with Crippen molar-refractivity contribution >= 4 is 23.0 Å². The second kappa shape index (κ2) is 3.79. The van der Waals surface area contributed by atoms with Crippen molar-refractivity contribution < 1.29 is 0 Å². The lowest BCUT2D eigenvalue weighted by Crippen LogP contribution is -1.93. The smallest absolute Gasteiger partial charge is 0.247 e. The Morgan fingerprint density at radius 2 is 1.88 bits per heavy atom. The first kappa shape index (κ1) is 9.65. The van der Waals surface area contributed by atoms with Gasteiger partial charge in [-0.1, -0.05) is 6.07 Å². The molecule has 0 aliphatic carbocycles. The SMILES string of the molecule is Nc1ccc(Nc2nc3ccccn3n2)cc1. The minimum absolute atomic E-state index is 0.570. The molecule has 3 aromatic rings. The van der Waals surface area contributed by atoms with Crippen molar-refractivity contribution in [1.29, 1.82) is 0 Å². The number of nitrogen functional groups attached to an aromatic ring is 1. The van der Waals surface area contributed by atoms with E-state index in [9.17, 15) is 0 Å². The maximum Gasteiger partial charge on any atom is 0.247 e. The number of hydrogen-bond donors (Lipinski definition) is 2. The van der Waals surface area contributed by atoms with E-state index in [1.807, 2.05) is 48.7 Å². The van der Waals surface area contributed by atoms with Crippen LogP contribution in [0.25, 0.3) is 5.65 Å². The molecule has 3 N–H and O–H groups in total. The molecule has 0 spiro atoms. The number of nitrogens with two attached hydrogens (primary N) is 1.